The van der Waals surface area contributed by atoms with Crippen LogP contribution in [0.3, 0.4) is 0 Å². The first-order valence-corrected chi connectivity index (χ1v) is 9.89. The maximum Gasteiger partial charge on any atom is 0.269 e. The molecule has 2 rings (SSSR count). The summed E-state index contributed by atoms with van der Waals surface area (Å²) >= 11 is 0. The van der Waals surface area contributed by atoms with Gasteiger partial charge < -0.3 is 0 Å². The first kappa shape index (κ1) is 20.4. The zero-order valence-electron chi connectivity index (χ0n) is 15.7. The maximum atomic E-state index is 12.5. The Morgan fingerprint density at radius 2 is 1.52 bits per heavy atom. The number of amides is 2. The highest BCUT2D eigenvalue weighted by molar-refractivity contribution is 7.92. The number of carbonyl (C=O) groups excluding carboxylic acids is 2. The van der Waals surface area contributed by atoms with Crippen molar-refractivity contribution in [2.45, 2.75) is 32.6 Å². The smallest absolute Gasteiger partial charge is 0.269 e. The van der Waals surface area contributed by atoms with Gasteiger partial charge in [-0.05, 0) is 61.4 Å². The maximum absolute atomic E-state index is 12.5. The van der Waals surface area contributed by atoms with E-state index in [0.29, 0.717) is 5.69 Å². The molecule has 0 aliphatic heterocycles. The van der Waals surface area contributed by atoms with E-state index >= 15 is 0 Å². The molecule has 0 bridgehead atoms. The fourth-order valence-corrected chi connectivity index (χ4v) is 3.19. The number of hydrogen-bond donors (Lipinski definition) is 3. The van der Waals surface area contributed by atoms with Gasteiger partial charge in [-0.25, -0.2) is 8.42 Å². The average Bonchev–Trinajstić information content (AvgIpc) is 2.62. The van der Waals surface area contributed by atoms with Crippen LogP contribution in [-0.2, 0) is 14.8 Å². The summed E-state index contributed by atoms with van der Waals surface area (Å²) in [5.74, 6) is -1.12. The summed E-state index contributed by atoms with van der Waals surface area (Å²) in [6.07, 6.45) is 0. The molecular formula is C19H23N3O4S. The summed E-state index contributed by atoms with van der Waals surface area (Å²) in [4.78, 5) is 23.5. The third-order valence-corrected chi connectivity index (χ3v) is 5.41. The molecule has 0 fully saturated rings. The van der Waals surface area contributed by atoms with Gasteiger partial charge in [-0.1, -0.05) is 19.9 Å². The van der Waals surface area contributed by atoms with E-state index in [9.17, 15) is 18.0 Å². The van der Waals surface area contributed by atoms with Crippen LogP contribution in [0.2, 0.25) is 0 Å². The topological polar surface area (TPSA) is 104 Å². The predicted octanol–water partition coefficient (Wildman–Crippen LogP) is 2.52. The van der Waals surface area contributed by atoms with Crippen molar-refractivity contribution in [3.63, 3.8) is 0 Å². The molecule has 2 aromatic carbocycles. The Morgan fingerprint density at radius 1 is 0.889 bits per heavy atom. The van der Waals surface area contributed by atoms with Crippen LogP contribution >= 0.6 is 0 Å². The Labute approximate surface area is 159 Å². The minimum absolute atomic E-state index is 0.0310. The molecule has 27 heavy (non-hydrogen) atoms. The molecule has 0 saturated heterocycles. The Hall–Kier alpha value is -2.87. The minimum atomic E-state index is -3.77. The van der Waals surface area contributed by atoms with Crippen LogP contribution in [0.25, 0.3) is 0 Å². The summed E-state index contributed by atoms with van der Waals surface area (Å²) in [6.45, 7) is 7.24. The largest absolute Gasteiger partial charge is 0.280 e. The second-order valence-corrected chi connectivity index (χ2v) is 8.21. The monoisotopic (exact) mass is 389 g/mol. The van der Waals surface area contributed by atoms with Crippen molar-refractivity contribution < 1.29 is 18.0 Å². The van der Waals surface area contributed by atoms with Crippen LogP contribution in [0.4, 0.5) is 5.69 Å². The van der Waals surface area contributed by atoms with E-state index < -0.39 is 15.9 Å². The second-order valence-electron chi connectivity index (χ2n) is 6.53. The zero-order valence-corrected chi connectivity index (χ0v) is 16.5. The lowest BCUT2D eigenvalue weighted by atomic mass is 10.1. The zero-order chi connectivity index (χ0) is 20.2. The van der Waals surface area contributed by atoms with Gasteiger partial charge >= 0.3 is 0 Å². The summed E-state index contributed by atoms with van der Waals surface area (Å²) in [5, 5.41) is 0. The van der Waals surface area contributed by atoms with Crippen molar-refractivity contribution in [1.29, 1.82) is 0 Å². The molecule has 0 aromatic heterocycles. The highest BCUT2D eigenvalue weighted by Gasteiger charge is 2.16. The SMILES string of the molecule is Cc1ccc(NS(=O)(=O)c2ccc(C(=O)NNC(=O)C(C)C)cc2)cc1C. The standard InChI is InChI=1S/C19H23N3O4S/c1-12(2)18(23)20-21-19(24)15-6-9-17(10-7-15)27(25,26)22-16-8-5-13(3)14(4)11-16/h5-12,22H,1-4H3,(H,20,23)(H,21,24). The Balaban J connectivity index is 2.09. The molecule has 7 nitrogen and oxygen atoms in total. The Kier molecular flexibility index (Phi) is 6.22. The number of hydrazine groups is 1. The predicted molar refractivity (Wildman–Crippen MR) is 104 cm³/mol. The van der Waals surface area contributed by atoms with Gasteiger partial charge in [0.05, 0.1) is 4.90 Å². The fraction of sp³-hybridized carbons (Fsp3) is 0.263. The fourth-order valence-electron chi connectivity index (χ4n) is 2.14. The molecule has 0 aliphatic rings. The third kappa shape index (κ3) is 5.30. The van der Waals surface area contributed by atoms with Gasteiger partial charge in [-0.3, -0.25) is 25.2 Å². The molecule has 0 atom stereocenters. The molecule has 0 aliphatic carbocycles. The van der Waals surface area contributed by atoms with Crippen molar-refractivity contribution in [3.05, 3.63) is 59.2 Å². The lowest BCUT2D eigenvalue weighted by Crippen LogP contribution is -2.43. The summed E-state index contributed by atoms with van der Waals surface area (Å²) in [7, 11) is -3.77. The van der Waals surface area contributed by atoms with E-state index in [1.54, 1.807) is 26.0 Å². The molecular weight excluding hydrogens is 366 g/mol. The summed E-state index contributed by atoms with van der Waals surface area (Å²) < 4.78 is 27.5. The molecule has 2 aromatic rings. The average molecular weight is 389 g/mol. The van der Waals surface area contributed by atoms with Gasteiger partial charge in [-0.15, -0.1) is 0 Å². The molecule has 144 valence electrons. The lowest BCUT2D eigenvalue weighted by molar-refractivity contribution is -0.124. The molecule has 0 unspecified atom stereocenters. The molecule has 0 spiro atoms. The van der Waals surface area contributed by atoms with Crippen molar-refractivity contribution >= 4 is 27.5 Å². The van der Waals surface area contributed by atoms with Crippen molar-refractivity contribution in [2.75, 3.05) is 4.72 Å². The Bertz CT molecular complexity index is 951. The van der Waals surface area contributed by atoms with Crippen molar-refractivity contribution in [2.24, 2.45) is 5.92 Å². The highest BCUT2D eigenvalue weighted by Crippen LogP contribution is 2.19. The van der Waals surface area contributed by atoms with Crippen molar-refractivity contribution in [3.8, 4) is 0 Å². The van der Waals surface area contributed by atoms with Crippen LogP contribution in [0, 0.1) is 19.8 Å². The number of hydrogen-bond acceptors (Lipinski definition) is 4. The van der Waals surface area contributed by atoms with Gasteiger partial charge in [0, 0.05) is 17.2 Å². The number of rotatable bonds is 5. The molecule has 3 N–H and O–H groups in total. The first-order valence-electron chi connectivity index (χ1n) is 8.40. The number of benzene rings is 2. The van der Waals surface area contributed by atoms with Crippen LogP contribution in [0.5, 0.6) is 0 Å². The third-order valence-electron chi connectivity index (χ3n) is 4.01. The molecule has 0 heterocycles. The number of carbonyl (C=O) groups is 2. The number of aryl methyl sites for hydroxylation is 2. The molecule has 8 heteroatoms. The quantitative estimate of drug-likeness (QED) is 0.684. The van der Waals surface area contributed by atoms with E-state index in [1.165, 1.54) is 24.3 Å². The van der Waals surface area contributed by atoms with E-state index in [-0.39, 0.29) is 22.3 Å². The molecule has 2 amide bonds. The van der Waals surface area contributed by atoms with Crippen molar-refractivity contribution in [1.82, 2.24) is 10.9 Å². The van der Waals surface area contributed by atoms with Gasteiger partial charge in [0.1, 0.15) is 0 Å². The Morgan fingerprint density at radius 3 is 2.07 bits per heavy atom. The first-order chi connectivity index (χ1) is 12.6. The van der Waals surface area contributed by atoms with Gasteiger partial charge in [-0.2, -0.15) is 0 Å². The van der Waals surface area contributed by atoms with E-state index in [4.69, 9.17) is 0 Å². The summed E-state index contributed by atoms with van der Waals surface area (Å²) in [5.41, 5.74) is 7.32. The van der Waals surface area contributed by atoms with Crippen LogP contribution < -0.4 is 15.6 Å². The lowest BCUT2D eigenvalue weighted by Gasteiger charge is -2.11. The highest BCUT2D eigenvalue weighted by atomic mass is 32.2. The van der Waals surface area contributed by atoms with Gasteiger partial charge in [0.2, 0.25) is 5.91 Å². The number of anilines is 1. The molecule has 0 radical (unpaired) electrons. The van der Waals surface area contributed by atoms with Crippen LogP contribution in [-0.4, -0.2) is 20.2 Å². The number of nitrogens with one attached hydrogen (secondary N) is 3. The second kappa shape index (κ2) is 8.22. The summed E-state index contributed by atoms with van der Waals surface area (Å²) in [6, 6.07) is 10.7. The van der Waals surface area contributed by atoms with Crippen LogP contribution in [0.1, 0.15) is 35.3 Å². The number of sulfonamides is 1. The van der Waals surface area contributed by atoms with Crippen LogP contribution in [0.15, 0.2) is 47.4 Å². The van der Waals surface area contributed by atoms with Gasteiger partial charge in [0.25, 0.3) is 15.9 Å². The van der Waals surface area contributed by atoms with E-state index in [1.807, 2.05) is 19.9 Å². The minimum Gasteiger partial charge on any atom is -0.280 e. The normalized spacial score (nSPS) is 11.1. The molecule has 0 saturated carbocycles. The van der Waals surface area contributed by atoms with Gasteiger partial charge in [0.15, 0.2) is 0 Å². The van der Waals surface area contributed by atoms with E-state index in [2.05, 4.69) is 15.6 Å². The van der Waals surface area contributed by atoms with E-state index in [0.717, 1.165) is 11.1 Å².